The Morgan fingerprint density at radius 2 is 1.79 bits per heavy atom. The fourth-order valence-electron chi connectivity index (χ4n) is 6.22. The molecule has 0 radical (unpaired) electrons. The molecule has 0 saturated heterocycles. The van der Waals surface area contributed by atoms with Crippen molar-refractivity contribution in [2.24, 2.45) is 12.8 Å². The second-order valence-corrected chi connectivity index (χ2v) is 13.5. The Morgan fingerprint density at radius 3 is 2.44 bits per heavy atom. The number of benzene rings is 2. The molecular formula is C35H31F7N8OS. The summed E-state index contributed by atoms with van der Waals surface area (Å²) < 4.78 is 106. The van der Waals surface area contributed by atoms with Crippen LogP contribution in [0.15, 0.2) is 48.5 Å². The van der Waals surface area contributed by atoms with Gasteiger partial charge in [0.25, 0.3) is 5.92 Å². The summed E-state index contributed by atoms with van der Waals surface area (Å²) in [5, 5.41) is 11.1. The molecule has 3 aromatic heterocycles. The first kappa shape index (κ1) is 36.7. The van der Waals surface area contributed by atoms with E-state index in [2.05, 4.69) is 32.1 Å². The summed E-state index contributed by atoms with van der Waals surface area (Å²) in [7, 11) is 1.71. The smallest absolute Gasteiger partial charge is 0.327 e. The van der Waals surface area contributed by atoms with Crippen LogP contribution >= 0.6 is 11.9 Å². The highest BCUT2D eigenvalue weighted by Crippen LogP contribution is 2.46. The Hall–Kier alpha value is -5.08. The van der Waals surface area contributed by atoms with E-state index in [4.69, 9.17) is 10.7 Å². The minimum absolute atomic E-state index is 0.0206. The zero-order valence-electron chi connectivity index (χ0n) is 28.1. The van der Waals surface area contributed by atoms with Crippen LogP contribution in [0, 0.1) is 23.5 Å². The molecular weight excluding hydrogens is 713 g/mol. The van der Waals surface area contributed by atoms with Crippen LogP contribution < -0.4 is 15.8 Å². The van der Waals surface area contributed by atoms with Crippen molar-refractivity contribution >= 4 is 34.7 Å². The average molecular weight is 745 g/mol. The molecule has 0 fully saturated rings. The lowest BCUT2D eigenvalue weighted by Gasteiger charge is -2.23. The molecule has 272 valence electrons. The van der Waals surface area contributed by atoms with E-state index in [1.165, 1.54) is 11.9 Å². The maximum absolute atomic E-state index is 15.1. The van der Waals surface area contributed by atoms with Gasteiger partial charge in [-0.05, 0) is 68.5 Å². The normalized spacial score (nSPS) is 14.5. The van der Waals surface area contributed by atoms with Crippen molar-refractivity contribution < 1.29 is 35.5 Å². The maximum atomic E-state index is 15.1. The van der Waals surface area contributed by atoms with Crippen LogP contribution in [0.3, 0.4) is 0 Å². The Balaban J connectivity index is 1.58. The second kappa shape index (κ2) is 13.5. The Labute approximate surface area is 297 Å². The third-order valence-corrected chi connectivity index (χ3v) is 8.66. The number of carbonyl (C=O) groups is 1. The van der Waals surface area contributed by atoms with Crippen LogP contribution in [0.5, 0.6) is 0 Å². The molecule has 1 aliphatic rings. The van der Waals surface area contributed by atoms with E-state index in [1.54, 1.807) is 49.8 Å². The number of fused-ring (bicyclic) bond motifs is 2. The van der Waals surface area contributed by atoms with E-state index < -0.39 is 71.1 Å². The van der Waals surface area contributed by atoms with Crippen molar-refractivity contribution in [3.05, 3.63) is 94.1 Å². The highest BCUT2D eigenvalue weighted by molar-refractivity contribution is 7.99. The number of pyridine rings is 1. The standard InChI is InChI=1S/C35H31F7N8OS/c1-33(2,43)12-10-21-8-9-22(23-6-5-7-24-28(23)49(3)47-31(24)48-52-4)27(44-21)26(16-18-14-19(36)17-20(37)15-18)45-32(51)50-30-25(11-13-34(30,38)39)29(46-50)35(40,41)42/h5-9,14-15,17,26H,11,13,16,43H2,1-4H3,(H,45,51)(H,47,48). The number of halogens is 7. The molecule has 1 atom stereocenters. The summed E-state index contributed by atoms with van der Waals surface area (Å²) in [6.07, 6.45) is -5.29. The summed E-state index contributed by atoms with van der Waals surface area (Å²) in [5.41, 5.74) is 3.32. The van der Waals surface area contributed by atoms with Crippen molar-refractivity contribution in [1.29, 1.82) is 0 Å². The number of nitrogens with two attached hydrogens (primary N) is 1. The van der Waals surface area contributed by atoms with Gasteiger partial charge in [-0.1, -0.05) is 30.0 Å². The molecule has 0 aliphatic heterocycles. The lowest BCUT2D eigenvalue weighted by molar-refractivity contribution is -0.142. The van der Waals surface area contributed by atoms with E-state index in [0.717, 1.165) is 12.1 Å². The van der Waals surface area contributed by atoms with Crippen LogP contribution in [0.1, 0.15) is 60.2 Å². The van der Waals surface area contributed by atoms with Gasteiger partial charge < -0.3 is 15.8 Å². The fourth-order valence-corrected chi connectivity index (χ4v) is 6.56. The van der Waals surface area contributed by atoms with Crippen LogP contribution in [-0.2, 0) is 32.0 Å². The molecule has 5 aromatic rings. The van der Waals surface area contributed by atoms with Crippen molar-refractivity contribution in [3.63, 3.8) is 0 Å². The fraction of sp³-hybridized carbons (Fsp3) is 0.314. The van der Waals surface area contributed by atoms with Gasteiger partial charge in [0.2, 0.25) is 0 Å². The van der Waals surface area contributed by atoms with Crippen molar-refractivity contribution in [1.82, 2.24) is 29.9 Å². The van der Waals surface area contributed by atoms with Gasteiger partial charge >= 0.3 is 12.2 Å². The minimum Gasteiger partial charge on any atom is -0.327 e. The Bertz CT molecular complexity index is 2240. The Morgan fingerprint density at radius 1 is 1.08 bits per heavy atom. The van der Waals surface area contributed by atoms with E-state index in [-0.39, 0.29) is 28.1 Å². The number of carbonyl (C=O) groups excluding carboxylic acids is 1. The third-order valence-electron chi connectivity index (χ3n) is 8.26. The van der Waals surface area contributed by atoms with Crippen LogP contribution in [-0.4, -0.2) is 42.4 Å². The SMILES string of the molecule is CSNc1nn(C)c2c(-c3ccc(C#CC(C)(C)N)nc3C(Cc3cc(F)cc(F)c3)NC(=O)n3nc(C(F)(F)F)c4c3C(F)(F)CC4)cccc12. The summed E-state index contributed by atoms with van der Waals surface area (Å²) in [6.45, 7) is 3.32. The largest absolute Gasteiger partial charge is 0.435 e. The molecule has 1 amide bonds. The zero-order valence-corrected chi connectivity index (χ0v) is 28.9. The van der Waals surface area contributed by atoms with E-state index >= 15 is 8.78 Å². The number of anilines is 1. The topological polar surface area (TPSA) is 116 Å². The first-order chi connectivity index (χ1) is 24.4. The van der Waals surface area contributed by atoms with Gasteiger partial charge in [-0.25, -0.2) is 18.6 Å². The second-order valence-electron chi connectivity index (χ2n) is 12.9. The summed E-state index contributed by atoms with van der Waals surface area (Å²) >= 11 is 1.32. The molecule has 0 saturated carbocycles. The highest BCUT2D eigenvalue weighted by Gasteiger charge is 2.51. The maximum Gasteiger partial charge on any atom is 0.435 e. The number of hydrogen-bond acceptors (Lipinski definition) is 7. The number of aromatic nitrogens is 5. The first-order valence-corrected chi connectivity index (χ1v) is 17.0. The Kier molecular flexibility index (Phi) is 9.51. The van der Waals surface area contributed by atoms with E-state index in [0.29, 0.717) is 33.9 Å². The molecule has 0 bridgehead atoms. The van der Waals surface area contributed by atoms with Gasteiger partial charge in [0, 0.05) is 47.9 Å². The molecule has 52 heavy (non-hydrogen) atoms. The average Bonchev–Trinajstić information content (AvgIpc) is 3.70. The van der Waals surface area contributed by atoms with Gasteiger partial charge in [0.05, 0.1) is 22.8 Å². The van der Waals surface area contributed by atoms with Crippen LogP contribution in [0.4, 0.5) is 41.3 Å². The van der Waals surface area contributed by atoms with E-state index in [9.17, 15) is 26.7 Å². The molecule has 1 unspecified atom stereocenters. The summed E-state index contributed by atoms with van der Waals surface area (Å²) in [5.74, 6) is 0.595. The molecule has 0 spiro atoms. The third kappa shape index (κ3) is 7.30. The van der Waals surface area contributed by atoms with Gasteiger partial charge in [-0.2, -0.15) is 36.8 Å². The number of nitrogens with one attached hydrogen (secondary N) is 2. The molecule has 6 rings (SSSR count). The number of para-hydroxylation sites is 1. The number of amides is 1. The molecule has 2 aromatic carbocycles. The van der Waals surface area contributed by atoms with Crippen molar-refractivity contribution in [2.45, 2.75) is 56.8 Å². The van der Waals surface area contributed by atoms with Crippen molar-refractivity contribution in [3.8, 4) is 23.0 Å². The van der Waals surface area contributed by atoms with E-state index in [1.807, 2.05) is 12.3 Å². The lowest BCUT2D eigenvalue weighted by Crippen LogP contribution is -2.37. The van der Waals surface area contributed by atoms with Gasteiger partial charge in [0.15, 0.2) is 11.5 Å². The van der Waals surface area contributed by atoms with Gasteiger partial charge in [-0.15, -0.1) is 0 Å². The number of alkyl halides is 5. The van der Waals surface area contributed by atoms with Crippen molar-refractivity contribution in [2.75, 3.05) is 11.0 Å². The molecule has 1 aliphatic carbocycles. The molecule has 3 heterocycles. The minimum atomic E-state index is -5.13. The zero-order chi connectivity index (χ0) is 37.7. The number of hydrogen-bond donors (Lipinski definition) is 3. The summed E-state index contributed by atoms with van der Waals surface area (Å²) in [4.78, 5) is 18.6. The first-order valence-electron chi connectivity index (χ1n) is 15.8. The number of rotatable bonds is 7. The monoisotopic (exact) mass is 744 g/mol. The van der Waals surface area contributed by atoms with Gasteiger partial charge in [-0.3, -0.25) is 4.68 Å². The number of nitrogens with zero attached hydrogens (tertiary/aromatic N) is 5. The summed E-state index contributed by atoms with van der Waals surface area (Å²) in [6, 6.07) is 8.38. The lowest BCUT2D eigenvalue weighted by atomic mass is 9.94. The van der Waals surface area contributed by atoms with Crippen LogP contribution in [0.25, 0.3) is 22.0 Å². The molecule has 9 nitrogen and oxygen atoms in total. The number of aryl methyl sites for hydroxylation is 1. The van der Waals surface area contributed by atoms with Crippen LogP contribution in [0.2, 0.25) is 0 Å². The van der Waals surface area contributed by atoms with Gasteiger partial charge in [0.1, 0.15) is 23.0 Å². The highest BCUT2D eigenvalue weighted by atomic mass is 32.2. The predicted molar refractivity (Wildman–Crippen MR) is 182 cm³/mol. The predicted octanol–water partition coefficient (Wildman–Crippen LogP) is 7.49. The molecule has 4 N–H and O–H groups in total. The quantitative estimate of drug-likeness (QED) is 0.0899. The molecule has 17 heteroatoms.